The number of rotatable bonds is 6. The molecule has 0 aliphatic carbocycles. The summed E-state index contributed by atoms with van der Waals surface area (Å²) in [4.78, 5) is 20.0. The lowest BCUT2D eigenvalue weighted by Crippen LogP contribution is -2.28. The molecule has 0 spiro atoms. The zero-order valence-electron chi connectivity index (χ0n) is 10.6. The topological polar surface area (TPSA) is 116 Å². The summed E-state index contributed by atoms with van der Waals surface area (Å²) in [5.74, 6) is -2.46. The van der Waals surface area contributed by atoms with E-state index in [1.54, 1.807) is 6.92 Å². The molecular formula is C10H10ClFN2O6S. The molecule has 0 aliphatic rings. The van der Waals surface area contributed by atoms with Crippen molar-refractivity contribution in [1.82, 2.24) is 5.32 Å². The van der Waals surface area contributed by atoms with Crippen LogP contribution in [0.1, 0.15) is 6.92 Å². The number of nitrogens with one attached hydrogen (secondary N) is 1. The predicted molar refractivity (Wildman–Crippen MR) is 70.3 cm³/mol. The highest BCUT2D eigenvalue weighted by atomic mass is 35.7. The van der Waals surface area contributed by atoms with Gasteiger partial charge in [0.15, 0.2) is 6.61 Å². The molecule has 116 valence electrons. The van der Waals surface area contributed by atoms with E-state index in [-0.39, 0.29) is 0 Å². The van der Waals surface area contributed by atoms with Crippen molar-refractivity contribution in [2.24, 2.45) is 0 Å². The lowest BCUT2D eigenvalue weighted by atomic mass is 10.3. The van der Waals surface area contributed by atoms with Gasteiger partial charge in [-0.2, -0.15) is 0 Å². The number of carbonyl (C=O) groups excluding carboxylic acids is 1. The van der Waals surface area contributed by atoms with Gasteiger partial charge >= 0.3 is 5.69 Å². The first kappa shape index (κ1) is 17.1. The number of hydrogen-bond acceptors (Lipinski definition) is 6. The van der Waals surface area contributed by atoms with E-state index in [0.29, 0.717) is 18.7 Å². The van der Waals surface area contributed by atoms with Gasteiger partial charge in [-0.25, -0.2) is 12.8 Å². The first-order chi connectivity index (χ1) is 9.66. The molecule has 21 heavy (non-hydrogen) atoms. The Morgan fingerprint density at radius 2 is 2.14 bits per heavy atom. The van der Waals surface area contributed by atoms with Gasteiger partial charge in [-0.1, -0.05) is 0 Å². The van der Waals surface area contributed by atoms with E-state index < -0.39 is 48.6 Å². The fourth-order valence-corrected chi connectivity index (χ4v) is 2.26. The third-order valence-electron chi connectivity index (χ3n) is 2.21. The molecule has 1 rings (SSSR count). The Morgan fingerprint density at radius 3 is 2.62 bits per heavy atom. The average molecular weight is 341 g/mol. The Labute approximate surface area is 123 Å². The number of nitro benzene ring substituents is 1. The summed E-state index contributed by atoms with van der Waals surface area (Å²) in [6.07, 6.45) is 0. The number of benzene rings is 1. The van der Waals surface area contributed by atoms with E-state index >= 15 is 0 Å². The number of likely N-dealkylation sites (N-methyl/N-ethyl adjacent to an activating group) is 1. The van der Waals surface area contributed by atoms with Crippen LogP contribution in [0.4, 0.5) is 10.1 Å². The summed E-state index contributed by atoms with van der Waals surface area (Å²) in [7, 11) is 0.478. The molecule has 0 unspecified atom stereocenters. The zero-order chi connectivity index (χ0) is 16.2. The summed E-state index contributed by atoms with van der Waals surface area (Å²) in [5.41, 5.74) is -0.820. The van der Waals surface area contributed by atoms with Crippen LogP contribution in [0, 0.1) is 15.9 Å². The van der Waals surface area contributed by atoms with Gasteiger partial charge in [0.2, 0.25) is 5.75 Å². The molecule has 0 saturated carbocycles. The van der Waals surface area contributed by atoms with Crippen molar-refractivity contribution >= 4 is 31.3 Å². The van der Waals surface area contributed by atoms with Crippen LogP contribution in [0.15, 0.2) is 17.0 Å². The van der Waals surface area contributed by atoms with Crippen molar-refractivity contribution in [3.05, 3.63) is 28.1 Å². The molecule has 0 aromatic heterocycles. The van der Waals surface area contributed by atoms with Crippen LogP contribution in [0.3, 0.4) is 0 Å². The summed E-state index contributed by atoms with van der Waals surface area (Å²) >= 11 is 0. The van der Waals surface area contributed by atoms with Crippen molar-refractivity contribution in [2.75, 3.05) is 13.2 Å². The Hall–Kier alpha value is -1.94. The maximum atomic E-state index is 13.6. The summed E-state index contributed by atoms with van der Waals surface area (Å²) in [6.45, 7) is 1.39. The van der Waals surface area contributed by atoms with Gasteiger partial charge in [0.25, 0.3) is 15.0 Å². The van der Waals surface area contributed by atoms with Gasteiger partial charge in [-0.05, 0) is 6.92 Å². The molecular weight excluding hydrogens is 331 g/mol. The van der Waals surface area contributed by atoms with Crippen LogP contribution >= 0.6 is 10.7 Å². The smallest absolute Gasteiger partial charge is 0.312 e. The molecule has 0 radical (unpaired) electrons. The van der Waals surface area contributed by atoms with Crippen LogP contribution in [-0.2, 0) is 13.8 Å². The van der Waals surface area contributed by atoms with E-state index in [4.69, 9.17) is 15.4 Å². The fraction of sp³-hybridized carbons (Fsp3) is 0.300. The van der Waals surface area contributed by atoms with Crippen LogP contribution < -0.4 is 10.1 Å². The van der Waals surface area contributed by atoms with Crippen LogP contribution in [0.25, 0.3) is 0 Å². The first-order valence-corrected chi connectivity index (χ1v) is 7.79. The largest absolute Gasteiger partial charge is 0.477 e. The van der Waals surface area contributed by atoms with E-state index in [0.717, 1.165) is 0 Å². The molecule has 1 N–H and O–H groups in total. The number of nitro groups is 1. The SMILES string of the molecule is CCNC(=O)COc1cc(F)c(S(=O)(=O)Cl)cc1[N+](=O)[O-]. The van der Waals surface area contributed by atoms with Gasteiger partial charge < -0.3 is 10.1 Å². The van der Waals surface area contributed by atoms with E-state index in [9.17, 15) is 27.7 Å². The van der Waals surface area contributed by atoms with Crippen LogP contribution in [-0.4, -0.2) is 32.4 Å². The number of halogens is 2. The fourth-order valence-electron chi connectivity index (χ4n) is 1.36. The minimum atomic E-state index is -4.49. The molecule has 0 fully saturated rings. The molecule has 1 aromatic rings. The maximum Gasteiger partial charge on any atom is 0.312 e. The number of nitrogens with zero attached hydrogens (tertiary/aromatic N) is 1. The molecule has 0 saturated heterocycles. The molecule has 0 heterocycles. The van der Waals surface area contributed by atoms with Crippen molar-refractivity contribution < 1.29 is 27.3 Å². The highest BCUT2D eigenvalue weighted by molar-refractivity contribution is 8.13. The maximum absolute atomic E-state index is 13.6. The summed E-state index contributed by atoms with van der Waals surface area (Å²) < 4.78 is 40.6. The summed E-state index contributed by atoms with van der Waals surface area (Å²) in [6, 6.07) is 0.928. The summed E-state index contributed by atoms with van der Waals surface area (Å²) in [5, 5.41) is 13.2. The highest BCUT2D eigenvalue weighted by Gasteiger charge is 2.26. The number of ether oxygens (including phenoxy) is 1. The lowest BCUT2D eigenvalue weighted by Gasteiger charge is -2.08. The minimum Gasteiger partial charge on any atom is -0.477 e. The molecule has 8 nitrogen and oxygen atoms in total. The van der Waals surface area contributed by atoms with Crippen molar-refractivity contribution in [3.8, 4) is 5.75 Å². The second-order valence-electron chi connectivity index (χ2n) is 3.69. The third-order valence-corrected chi connectivity index (χ3v) is 3.54. The molecule has 0 atom stereocenters. The van der Waals surface area contributed by atoms with Crippen molar-refractivity contribution in [2.45, 2.75) is 11.8 Å². The van der Waals surface area contributed by atoms with Gasteiger partial charge in [-0.15, -0.1) is 0 Å². The number of carbonyl (C=O) groups is 1. The number of amides is 1. The first-order valence-electron chi connectivity index (χ1n) is 5.49. The predicted octanol–water partition coefficient (Wildman–Crippen LogP) is 1.18. The van der Waals surface area contributed by atoms with Gasteiger partial charge in [0.1, 0.15) is 10.7 Å². The monoisotopic (exact) mass is 340 g/mol. The molecule has 1 amide bonds. The lowest BCUT2D eigenvalue weighted by molar-refractivity contribution is -0.386. The highest BCUT2D eigenvalue weighted by Crippen LogP contribution is 2.33. The second-order valence-corrected chi connectivity index (χ2v) is 6.22. The second kappa shape index (κ2) is 6.68. The van der Waals surface area contributed by atoms with E-state index in [2.05, 4.69) is 5.32 Å². The van der Waals surface area contributed by atoms with Crippen molar-refractivity contribution in [1.29, 1.82) is 0 Å². The average Bonchev–Trinajstić information content (AvgIpc) is 2.34. The van der Waals surface area contributed by atoms with E-state index in [1.807, 2.05) is 0 Å². The molecule has 1 aromatic carbocycles. The van der Waals surface area contributed by atoms with Crippen LogP contribution in [0.2, 0.25) is 0 Å². The van der Waals surface area contributed by atoms with E-state index in [1.165, 1.54) is 0 Å². The van der Waals surface area contributed by atoms with Gasteiger partial charge in [0.05, 0.1) is 4.92 Å². The minimum absolute atomic E-state index is 0.322. The van der Waals surface area contributed by atoms with Gasteiger partial charge in [0, 0.05) is 29.4 Å². The van der Waals surface area contributed by atoms with Gasteiger partial charge in [-0.3, -0.25) is 14.9 Å². The zero-order valence-corrected chi connectivity index (χ0v) is 12.2. The standard InChI is InChI=1S/C10H10ClFN2O6S/c1-2-13-10(15)5-20-8-3-6(12)9(21(11,18)19)4-7(8)14(16)17/h3-4H,2,5H2,1H3,(H,13,15). The molecule has 0 bridgehead atoms. The Bertz CT molecular complexity index is 678. The molecule has 11 heteroatoms. The normalized spacial score (nSPS) is 11.0. The quantitative estimate of drug-likeness (QED) is 0.472. The van der Waals surface area contributed by atoms with Crippen molar-refractivity contribution in [3.63, 3.8) is 0 Å². The Morgan fingerprint density at radius 1 is 1.52 bits per heavy atom. The third kappa shape index (κ3) is 4.53. The van der Waals surface area contributed by atoms with Crippen LogP contribution in [0.5, 0.6) is 5.75 Å². The Kier molecular flexibility index (Phi) is 5.44. The number of hydrogen-bond donors (Lipinski definition) is 1. The Balaban J connectivity index is 3.18. The molecule has 0 aliphatic heterocycles.